The number of carbonyl (C=O) groups is 4. The minimum absolute atomic E-state index is 0.0635. The molecule has 0 saturated heterocycles. The van der Waals surface area contributed by atoms with E-state index in [-0.39, 0.29) is 47.6 Å². The zero-order valence-corrected chi connectivity index (χ0v) is 30.4. The molecule has 0 saturated carbocycles. The van der Waals surface area contributed by atoms with Gasteiger partial charge in [-0.3, -0.25) is 19.2 Å². The van der Waals surface area contributed by atoms with Crippen LogP contribution in [-0.4, -0.2) is 30.3 Å². The minimum atomic E-state index is -0.363. The number of ether oxygens (including phenoxy) is 1. The van der Waals surface area contributed by atoms with E-state index in [9.17, 15) is 32.3 Å². The number of hydrogen-bond acceptors (Lipinski definition) is 5. The van der Waals surface area contributed by atoms with Crippen molar-refractivity contribution in [2.24, 2.45) is 0 Å². The average Bonchev–Trinajstić information content (AvgIpc) is 3.68. The van der Waals surface area contributed by atoms with Crippen LogP contribution >= 0.6 is 45.2 Å². The second-order valence-electron chi connectivity index (χ2n) is 11.2. The Bertz CT molecular complexity index is 2020. The maximum atomic E-state index is 13.7. The summed E-state index contributed by atoms with van der Waals surface area (Å²) < 4.78 is 45.2. The van der Waals surface area contributed by atoms with Crippen LogP contribution in [0.25, 0.3) is 11.6 Å². The summed E-state index contributed by atoms with van der Waals surface area (Å²) in [7, 11) is 0. The summed E-state index contributed by atoms with van der Waals surface area (Å²) in [6.45, 7) is 4.04. The Morgan fingerprint density at radius 2 is 1.43 bits per heavy atom. The molecule has 0 bridgehead atoms. The molecular formula is C36H28F3I2N3O5. The fourth-order valence-corrected chi connectivity index (χ4v) is 6.24. The molecule has 7 rings (SSSR count). The number of hydrogen-bond donors (Lipinski definition) is 3. The first kappa shape index (κ1) is 36.0. The smallest absolute Gasteiger partial charge is 0.310 e. The summed E-state index contributed by atoms with van der Waals surface area (Å²) in [5.74, 6) is -1.64. The molecule has 13 heteroatoms. The lowest BCUT2D eigenvalue weighted by molar-refractivity contribution is -0.142. The SMILES string of the molecule is CCOC(=O)Cc1cc(/C=C2\C(=O)Nc3cc(F)c(I)cc32)ccc1C.O=C1Cc2cc(I)c(F)cc2N1.O=C1Cc2ccc(F)cc2N1. The Balaban J connectivity index is 0.000000166. The Morgan fingerprint density at radius 1 is 0.796 bits per heavy atom. The zero-order chi connectivity index (χ0) is 35.4. The fourth-order valence-electron chi connectivity index (χ4n) is 5.24. The third-order valence-corrected chi connectivity index (χ3v) is 9.29. The van der Waals surface area contributed by atoms with Gasteiger partial charge in [-0.05, 0) is 129 Å². The summed E-state index contributed by atoms with van der Waals surface area (Å²) >= 11 is 3.81. The molecule has 0 radical (unpaired) electrons. The summed E-state index contributed by atoms with van der Waals surface area (Å²) in [6, 6.07) is 16.0. The van der Waals surface area contributed by atoms with E-state index in [1.807, 2.05) is 70.3 Å². The van der Waals surface area contributed by atoms with Gasteiger partial charge in [-0.25, -0.2) is 13.2 Å². The molecule has 3 aliphatic heterocycles. The molecule has 4 aromatic rings. The maximum Gasteiger partial charge on any atom is 0.310 e. The first-order valence-electron chi connectivity index (χ1n) is 14.9. The van der Waals surface area contributed by atoms with Crippen LogP contribution in [0.15, 0.2) is 60.7 Å². The number of fused-ring (bicyclic) bond motifs is 3. The Labute approximate surface area is 307 Å². The van der Waals surface area contributed by atoms with Crippen LogP contribution < -0.4 is 16.0 Å². The molecule has 3 heterocycles. The topological polar surface area (TPSA) is 114 Å². The van der Waals surface area contributed by atoms with Gasteiger partial charge in [0.15, 0.2) is 0 Å². The van der Waals surface area contributed by atoms with Gasteiger partial charge in [0.1, 0.15) is 17.5 Å². The molecule has 3 N–H and O–H groups in total. The average molecular weight is 893 g/mol. The normalized spacial score (nSPS) is 14.3. The highest BCUT2D eigenvalue weighted by molar-refractivity contribution is 14.1. The Kier molecular flexibility index (Phi) is 11.4. The highest BCUT2D eigenvalue weighted by atomic mass is 127. The van der Waals surface area contributed by atoms with E-state index in [1.54, 1.807) is 31.2 Å². The molecule has 8 nitrogen and oxygen atoms in total. The van der Waals surface area contributed by atoms with Gasteiger partial charge in [0.25, 0.3) is 5.91 Å². The molecule has 0 spiro atoms. The van der Waals surface area contributed by atoms with Gasteiger partial charge in [0, 0.05) is 29.7 Å². The lowest BCUT2D eigenvalue weighted by Gasteiger charge is -2.07. The molecule has 0 unspecified atom stereocenters. The number of rotatable bonds is 4. The molecule has 4 aromatic carbocycles. The lowest BCUT2D eigenvalue weighted by Crippen LogP contribution is -2.08. The van der Waals surface area contributed by atoms with Crippen molar-refractivity contribution < 1.29 is 37.1 Å². The second kappa shape index (κ2) is 15.5. The van der Waals surface area contributed by atoms with Crippen molar-refractivity contribution in [3.63, 3.8) is 0 Å². The van der Waals surface area contributed by atoms with E-state index in [4.69, 9.17) is 4.74 Å². The van der Waals surface area contributed by atoms with Gasteiger partial charge < -0.3 is 20.7 Å². The summed E-state index contributed by atoms with van der Waals surface area (Å²) in [6.07, 6.45) is 2.67. The van der Waals surface area contributed by atoms with Crippen LogP contribution in [0.4, 0.5) is 30.2 Å². The van der Waals surface area contributed by atoms with Crippen LogP contribution in [0.3, 0.4) is 0 Å². The summed E-state index contributed by atoms with van der Waals surface area (Å²) in [4.78, 5) is 45.7. The van der Waals surface area contributed by atoms with Gasteiger partial charge >= 0.3 is 5.97 Å². The van der Waals surface area contributed by atoms with Gasteiger partial charge in [-0.1, -0.05) is 24.3 Å². The summed E-state index contributed by atoms with van der Waals surface area (Å²) in [5.41, 5.74) is 7.22. The van der Waals surface area contributed by atoms with E-state index in [2.05, 4.69) is 16.0 Å². The highest BCUT2D eigenvalue weighted by Crippen LogP contribution is 2.35. The van der Waals surface area contributed by atoms with Crippen molar-refractivity contribution in [1.82, 2.24) is 0 Å². The van der Waals surface area contributed by atoms with E-state index in [1.165, 1.54) is 24.3 Å². The first-order chi connectivity index (χ1) is 23.3. The summed E-state index contributed by atoms with van der Waals surface area (Å²) in [5, 5.41) is 7.83. The van der Waals surface area contributed by atoms with E-state index >= 15 is 0 Å². The van der Waals surface area contributed by atoms with Crippen LogP contribution in [0, 0.1) is 31.5 Å². The number of nitrogens with one attached hydrogen (secondary N) is 3. The number of halogens is 5. The molecule has 0 fully saturated rings. The third kappa shape index (κ3) is 8.86. The Morgan fingerprint density at radius 3 is 2.12 bits per heavy atom. The predicted octanol–water partition coefficient (Wildman–Crippen LogP) is 7.58. The van der Waals surface area contributed by atoms with Crippen LogP contribution in [0.5, 0.6) is 0 Å². The lowest BCUT2D eigenvalue weighted by atomic mass is 9.99. The Hall–Kier alpha value is -4.25. The number of amides is 3. The highest BCUT2D eigenvalue weighted by Gasteiger charge is 2.26. The predicted molar refractivity (Wildman–Crippen MR) is 197 cm³/mol. The molecule has 3 amide bonds. The fraction of sp³-hybridized carbons (Fsp3) is 0.167. The quantitative estimate of drug-likeness (QED) is 0.111. The van der Waals surface area contributed by atoms with E-state index < -0.39 is 0 Å². The second-order valence-corrected chi connectivity index (χ2v) is 13.5. The minimum Gasteiger partial charge on any atom is -0.466 e. The van der Waals surface area contributed by atoms with E-state index in [0.717, 1.165) is 27.8 Å². The van der Waals surface area contributed by atoms with Crippen LogP contribution in [0.1, 0.15) is 40.3 Å². The maximum absolute atomic E-state index is 13.7. The number of esters is 1. The van der Waals surface area contributed by atoms with E-state index in [0.29, 0.717) is 54.8 Å². The van der Waals surface area contributed by atoms with Gasteiger partial charge in [0.2, 0.25) is 11.8 Å². The monoisotopic (exact) mass is 893 g/mol. The molecule has 252 valence electrons. The van der Waals surface area contributed by atoms with Gasteiger partial charge in [-0.2, -0.15) is 0 Å². The third-order valence-electron chi connectivity index (χ3n) is 7.64. The number of benzene rings is 4. The molecular weight excluding hydrogens is 865 g/mol. The number of anilines is 3. The molecule has 0 aromatic heterocycles. The molecule has 0 atom stereocenters. The molecule has 0 aliphatic carbocycles. The van der Waals surface area contributed by atoms with Gasteiger partial charge in [-0.15, -0.1) is 0 Å². The van der Waals surface area contributed by atoms with Crippen molar-refractivity contribution in [2.75, 3.05) is 22.6 Å². The largest absolute Gasteiger partial charge is 0.466 e. The van der Waals surface area contributed by atoms with Gasteiger partial charge in [0.05, 0.1) is 31.6 Å². The zero-order valence-electron chi connectivity index (χ0n) is 26.1. The number of carbonyl (C=O) groups excluding carboxylic acids is 4. The van der Waals surface area contributed by atoms with Crippen molar-refractivity contribution >= 4 is 97.6 Å². The molecule has 49 heavy (non-hydrogen) atoms. The van der Waals surface area contributed by atoms with Crippen LogP contribution in [-0.2, 0) is 43.2 Å². The number of aryl methyl sites for hydroxylation is 1. The van der Waals surface area contributed by atoms with Crippen molar-refractivity contribution in [2.45, 2.75) is 33.1 Å². The van der Waals surface area contributed by atoms with Crippen LogP contribution in [0.2, 0.25) is 0 Å². The standard InChI is InChI=1S/C20H17FINO3.C8H5FINO.C8H6FNO/c1-3-26-19(24)8-13-6-12(5-4-11(13)2)7-15-14-9-17(22)16(21)10-18(14)23-20(15)25;9-5-3-7-4(1-6(5)10)2-8(12)11-7;9-6-2-1-5-3-8(11)10-7(5)4-6/h4-7,9-10H,3,8H2,1-2H3,(H,23,25);1,3H,2H2,(H,11,12);1-2,4H,3H2,(H,10,11)/b15-7-;;. The molecule has 3 aliphatic rings. The van der Waals surface area contributed by atoms with Crippen molar-refractivity contribution in [1.29, 1.82) is 0 Å². The van der Waals surface area contributed by atoms with Crippen molar-refractivity contribution in [3.8, 4) is 0 Å². The van der Waals surface area contributed by atoms with Crippen molar-refractivity contribution in [3.05, 3.63) is 119 Å². The first-order valence-corrected chi connectivity index (χ1v) is 17.1.